The Morgan fingerprint density at radius 3 is 2.81 bits per heavy atom. The highest BCUT2D eigenvalue weighted by atomic mass is 35.5. The summed E-state index contributed by atoms with van der Waals surface area (Å²) in [5, 5.41) is 3.64. The van der Waals surface area contributed by atoms with Gasteiger partial charge in [-0.3, -0.25) is 0 Å². The smallest absolute Gasteiger partial charge is 0.318 e. The van der Waals surface area contributed by atoms with Crippen molar-refractivity contribution in [3.8, 4) is 6.01 Å². The Morgan fingerprint density at radius 2 is 2.25 bits per heavy atom. The molecule has 0 saturated carbocycles. The van der Waals surface area contributed by atoms with E-state index in [4.69, 9.17) is 22.1 Å². The molecule has 6 heteroatoms. The van der Waals surface area contributed by atoms with Gasteiger partial charge in [-0.15, -0.1) is 0 Å². The predicted molar refractivity (Wildman–Crippen MR) is 64.9 cm³/mol. The zero-order chi connectivity index (χ0) is 12.1. The molecule has 5 nitrogen and oxygen atoms in total. The van der Waals surface area contributed by atoms with Gasteiger partial charge in [-0.2, -0.15) is 4.98 Å². The lowest BCUT2D eigenvalue weighted by atomic mass is 10.1. The molecule has 0 aliphatic rings. The lowest BCUT2D eigenvalue weighted by molar-refractivity contribution is 0.380. The van der Waals surface area contributed by atoms with Crippen LogP contribution in [0.2, 0.25) is 5.02 Å². The number of hydrogen-bond acceptors (Lipinski definition) is 5. The standard InChI is InChI=1S/C10H17ClN4O/c1-6(12)4-7(2)14-9-8(11)5-13-10(15-9)16-3/h5-7H,4,12H2,1-3H3,(H,13,14,15). The maximum atomic E-state index is 5.96. The second-order valence-electron chi connectivity index (χ2n) is 3.81. The monoisotopic (exact) mass is 244 g/mol. The lowest BCUT2D eigenvalue weighted by Crippen LogP contribution is -2.26. The van der Waals surface area contributed by atoms with Crippen LogP contribution in [-0.2, 0) is 0 Å². The Morgan fingerprint density at radius 1 is 1.56 bits per heavy atom. The first-order valence-electron chi connectivity index (χ1n) is 5.11. The molecule has 1 rings (SSSR count). The maximum Gasteiger partial charge on any atom is 0.318 e. The van der Waals surface area contributed by atoms with Crippen molar-refractivity contribution in [3.63, 3.8) is 0 Å². The van der Waals surface area contributed by atoms with E-state index >= 15 is 0 Å². The molecule has 90 valence electrons. The van der Waals surface area contributed by atoms with Gasteiger partial charge in [0, 0.05) is 12.1 Å². The molecule has 3 N–H and O–H groups in total. The summed E-state index contributed by atoms with van der Waals surface area (Å²) in [4.78, 5) is 8.02. The van der Waals surface area contributed by atoms with E-state index < -0.39 is 0 Å². The molecule has 1 aromatic heterocycles. The van der Waals surface area contributed by atoms with Gasteiger partial charge in [-0.1, -0.05) is 11.6 Å². The van der Waals surface area contributed by atoms with E-state index in [9.17, 15) is 0 Å². The highest BCUT2D eigenvalue weighted by molar-refractivity contribution is 6.32. The summed E-state index contributed by atoms with van der Waals surface area (Å²) in [6, 6.07) is 0.613. The largest absolute Gasteiger partial charge is 0.467 e. The number of rotatable bonds is 5. The Balaban J connectivity index is 2.71. The fraction of sp³-hybridized carbons (Fsp3) is 0.600. The third-order valence-corrected chi connectivity index (χ3v) is 2.29. The van der Waals surface area contributed by atoms with E-state index in [2.05, 4.69) is 15.3 Å². The first kappa shape index (κ1) is 13.0. The van der Waals surface area contributed by atoms with Crippen LogP contribution in [0.15, 0.2) is 6.20 Å². The first-order chi connectivity index (χ1) is 7.52. The van der Waals surface area contributed by atoms with E-state index in [0.29, 0.717) is 16.9 Å². The summed E-state index contributed by atoms with van der Waals surface area (Å²) in [5.41, 5.74) is 5.71. The van der Waals surface area contributed by atoms with Gasteiger partial charge in [-0.25, -0.2) is 4.98 Å². The molecule has 0 aliphatic heterocycles. The van der Waals surface area contributed by atoms with E-state index in [-0.39, 0.29) is 12.1 Å². The van der Waals surface area contributed by atoms with Gasteiger partial charge >= 0.3 is 6.01 Å². The van der Waals surface area contributed by atoms with Crippen LogP contribution in [0, 0.1) is 0 Å². The average molecular weight is 245 g/mol. The minimum Gasteiger partial charge on any atom is -0.467 e. The molecule has 0 saturated heterocycles. The quantitative estimate of drug-likeness (QED) is 0.825. The SMILES string of the molecule is COc1ncc(Cl)c(NC(C)CC(C)N)n1. The summed E-state index contributed by atoms with van der Waals surface area (Å²) < 4.78 is 4.93. The van der Waals surface area contributed by atoms with Crippen molar-refractivity contribution < 1.29 is 4.74 Å². The Hall–Kier alpha value is -1.07. The Bertz CT molecular complexity index is 346. The summed E-state index contributed by atoms with van der Waals surface area (Å²) in [6.45, 7) is 3.98. The lowest BCUT2D eigenvalue weighted by Gasteiger charge is -2.17. The average Bonchev–Trinajstić information content (AvgIpc) is 2.20. The maximum absolute atomic E-state index is 5.96. The van der Waals surface area contributed by atoms with Crippen LogP contribution in [0.3, 0.4) is 0 Å². The molecule has 0 bridgehead atoms. The third kappa shape index (κ3) is 3.83. The van der Waals surface area contributed by atoms with Crippen LogP contribution in [0.1, 0.15) is 20.3 Å². The number of nitrogens with two attached hydrogens (primary N) is 1. The van der Waals surface area contributed by atoms with Crippen LogP contribution >= 0.6 is 11.6 Å². The molecule has 1 aromatic rings. The minimum absolute atomic E-state index is 0.130. The highest BCUT2D eigenvalue weighted by Crippen LogP contribution is 2.21. The number of aromatic nitrogens is 2. The zero-order valence-electron chi connectivity index (χ0n) is 9.70. The molecule has 0 radical (unpaired) electrons. The summed E-state index contributed by atoms with van der Waals surface area (Å²) in [7, 11) is 1.51. The highest BCUT2D eigenvalue weighted by Gasteiger charge is 2.10. The van der Waals surface area contributed by atoms with E-state index in [1.807, 2.05) is 13.8 Å². The molecule has 0 fully saturated rings. The van der Waals surface area contributed by atoms with Crippen molar-refractivity contribution in [2.75, 3.05) is 12.4 Å². The molecular formula is C10H17ClN4O. The molecule has 2 atom stereocenters. The summed E-state index contributed by atoms with van der Waals surface area (Å²) >= 11 is 5.96. The summed E-state index contributed by atoms with van der Waals surface area (Å²) in [6.07, 6.45) is 2.34. The van der Waals surface area contributed by atoms with Crippen molar-refractivity contribution in [3.05, 3.63) is 11.2 Å². The molecule has 16 heavy (non-hydrogen) atoms. The van der Waals surface area contributed by atoms with Crippen molar-refractivity contribution in [2.45, 2.75) is 32.4 Å². The second-order valence-corrected chi connectivity index (χ2v) is 4.22. The molecule has 2 unspecified atom stereocenters. The van der Waals surface area contributed by atoms with Crippen LogP contribution < -0.4 is 15.8 Å². The van der Waals surface area contributed by atoms with Gasteiger partial charge in [0.05, 0.1) is 13.3 Å². The topological polar surface area (TPSA) is 73.1 Å². The number of halogens is 1. The zero-order valence-corrected chi connectivity index (χ0v) is 10.5. The van der Waals surface area contributed by atoms with Gasteiger partial charge in [0.15, 0.2) is 5.82 Å². The number of nitrogens with zero attached hydrogens (tertiary/aromatic N) is 2. The van der Waals surface area contributed by atoms with Crippen LogP contribution in [0.4, 0.5) is 5.82 Å². The fourth-order valence-electron chi connectivity index (χ4n) is 1.40. The second kappa shape index (κ2) is 5.86. The minimum atomic E-state index is 0.130. The predicted octanol–water partition coefficient (Wildman–Crippen LogP) is 1.68. The van der Waals surface area contributed by atoms with E-state index in [1.54, 1.807) is 0 Å². The number of anilines is 1. The molecule has 1 heterocycles. The van der Waals surface area contributed by atoms with Gasteiger partial charge in [0.25, 0.3) is 0 Å². The van der Waals surface area contributed by atoms with Crippen LogP contribution in [0.25, 0.3) is 0 Å². The number of hydrogen-bond donors (Lipinski definition) is 2. The first-order valence-corrected chi connectivity index (χ1v) is 5.49. The van der Waals surface area contributed by atoms with Gasteiger partial charge in [-0.05, 0) is 20.3 Å². The van der Waals surface area contributed by atoms with Crippen molar-refractivity contribution in [2.24, 2.45) is 5.73 Å². The normalized spacial score (nSPS) is 14.3. The van der Waals surface area contributed by atoms with Crippen LogP contribution in [0.5, 0.6) is 6.01 Å². The number of ether oxygens (including phenoxy) is 1. The van der Waals surface area contributed by atoms with E-state index in [0.717, 1.165) is 6.42 Å². The summed E-state index contributed by atoms with van der Waals surface area (Å²) in [5.74, 6) is 0.571. The van der Waals surface area contributed by atoms with Crippen molar-refractivity contribution in [1.29, 1.82) is 0 Å². The van der Waals surface area contributed by atoms with Gasteiger partial charge < -0.3 is 15.8 Å². The van der Waals surface area contributed by atoms with E-state index in [1.165, 1.54) is 13.3 Å². The Labute approximate surface area is 100 Å². The van der Waals surface area contributed by atoms with Gasteiger partial charge in [0.2, 0.25) is 0 Å². The molecule has 0 amide bonds. The van der Waals surface area contributed by atoms with Crippen molar-refractivity contribution >= 4 is 17.4 Å². The van der Waals surface area contributed by atoms with Crippen molar-refractivity contribution in [1.82, 2.24) is 9.97 Å². The Kier molecular flexibility index (Phi) is 4.76. The molecular weight excluding hydrogens is 228 g/mol. The molecule has 0 aromatic carbocycles. The number of methoxy groups -OCH3 is 1. The fourth-order valence-corrected chi connectivity index (χ4v) is 1.55. The number of nitrogens with one attached hydrogen (secondary N) is 1. The van der Waals surface area contributed by atoms with Crippen LogP contribution in [-0.4, -0.2) is 29.2 Å². The van der Waals surface area contributed by atoms with Gasteiger partial charge in [0.1, 0.15) is 5.02 Å². The molecule has 0 aliphatic carbocycles. The molecule has 0 spiro atoms. The third-order valence-electron chi connectivity index (χ3n) is 2.01.